The number of amides is 2. The summed E-state index contributed by atoms with van der Waals surface area (Å²) in [4.78, 5) is 26.2. The van der Waals surface area contributed by atoms with Gasteiger partial charge in [-0.15, -0.1) is 0 Å². The Bertz CT molecular complexity index is 349. The highest BCUT2D eigenvalue weighted by Crippen LogP contribution is 2.19. The normalized spacial score (nSPS) is 24.1. The van der Waals surface area contributed by atoms with Crippen molar-refractivity contribution in [2.45, 2.75) is 45.7 Å². The number of ether oxygens (including phenoxy) is 2. The summed E-state index contributed by atoms with van der Waals surface area (Å²) < 4.78 is 10.5. The number of piperazine rings is 1. The first-order valence-corrected chi connectivity index (χ1v) is 7.70. The van der Waals surface area contributed by atoms with Crippen molar-refractivity contribution in [3.63, 3.8) is 0 Å². The SMILES string of the molecule is CCC(C)C1C(=O)NC(C)C(=O)N1CCOCCCOC. The van der Waals surface area contributed by atoms with Gasteiger partial charge in [0.1, 0.15) is 12.1 Å². The summed E-state index contributed by atoms with van der Waals surface area (Å²) in [7, 11) is 1.66. The highest BCUT2D eigenvalue weighted by Gasteiger charge is 2.40. The molecule has 2 amide bonds. The molecule has 0 aromatic heterocycles. The number of carbonyl (C=O) groups is 2. The minimum Gasteiger partial charge on any atom is -0.385 e. The van der Waals surface area contributed by atoms with Crippen LogP contribution in [-0.4, -0.2) is 62.3 Å². The van der Waals surface area contributed by atoms with Gasteiger partial charge in [-0.1, -0.05) is 20.3 Å². The van der Waals surface area contributed by atoms with E-state index in [0.29, 0.717) is 26.4 Å². The van der Waals surface area contributed by atoms with Gasteiger partial charge in [0.05, 0.1) is 6.61 Å². The molecule has 1 fully saturated rings. The van der Waals surface area contributed by atoms with Gasteiger partial charge in [-0.3, -0.25) is 9.59 Å². The lowest BCUT2D eigenvalue weighted by Crippen LogP contribution is -2.64. The predicted octanol–water partition coefficient (Wildman–Crippen LogP) is 0.801. The monoisotopic (exact) mass is 300 g/mol. The third-order valence-corrected chi connectivity index (χ3v) is 3.91. The standard InChI is InChI=1S/C15H28N2O4/c1-5-11(2)13-14(18)16-12(3)15(19)17(13)7-10-21-9-6-8-20-4/h11-13H,5-10H2,1-4H3,(H,16,18). The van der Waals surface area contributed by atoms with Gasteiger partial charge in [0.2, 0.25) is 11.8 Å². The molecule has 21 heavy (non-hydrogen) atoms. The molecule has 0 aliphatic carbocycles. The number of rotatable bonds is 9. The van der Waals surface area contributed by atoms with Crippen LogP contribution in [0, 0.1) is 5.92 Å². The maximum absolute atomic E-state index is 12.3. The zero-order chi connectivity index (χ0) is 15.8. The van der Waals surface area contributed by atoms with Crippen molar-refractivity contribution in [2.24, 2.45) is 5.92 Å². The molecule has 122 valence electrons. The van der Waals surface area contributed by atoms with Crippen LogP contribution in [0.4, 0.5) is 0 Å². The molecular formula is C15H28N2O4. The van der Waals surface area contributed by atoms with Crippen molar-refractivity contribution < 1.29 is 19.1 Å². The van der Waals surface area contributed by atoms with Gasteiger partial charge < -0.3 is 19.7 Å². The number of hydrogen-bond donors (Lipinski definition) is 1. The van der Waals surface area contributed by atoms with Crippen LogP contribution in [0.25, 0.3) is 0 Å². The molecule has 0 aromatic carbocycles. The number of nitrogens with one attached hydrogen (secondary N) is 1. The van der Waals surface area contributed by atoms with E-state index in [-0.39, 0.29) is 23.8 Å². The van der Waals surface area contributed by atoms with Crippen LogP contribution in [0.3, 0.4) is 0 Å². The third-order valence-electron chi connectivity index (χ3n) is 3.91. The molecule has 1 rings (SSSR count). The fourth-order valence-corrected chi connectivity index (χ4v) is 2.50. The molecule has 3 atom stereocenters. The van der Waals surface area contributed by atoms with Gasteiger partial charge in [-0.2, -0.15) is 0 Å². The Morgan fingerprint density at radius 3 is 2.62 bits per heavy atom. The van der Waals surface area contributed by atoms with Crippen molar-refractivity contribution >= 4 is 11.8 Å². The van der Waals surface area contributed by atoms with Crippen LogP contribution < -0.4 is 5.32 Å². The first-order chi connectivity index (χ1) is 10.0. The van der Waals surface area contributed by atoms with Gasteiger partial charge >= 0.3 is 0 Å². The minimum atomic E-state index is -0.453. The number of methoxy groups -OCH3 is 1. The Morgan fingerprint density at radius 2 is 2.00 bits per heavy atom. The highest BCUT2D eigenvalue weighted by molar-refractivity contribution is 5.96. The van der Waals surface area contributed by atoms with E-state index in [0.717, 1.165) is 12.8 Å². The molecule has 0 spiro atoms. The van der Waals surface area contributed by atoms with E-state index in [9.17, 15) is 9.59 Å². The Kier molecular flexibility index (Phi) is 7.67. The Labute approximate surface area is 127 Å². The lowest BCUT2D eigenvalue weighted by atomic mass is 9.93. The van der Waals surface area contributed by atoms with E-state index in [1.54, 1.807) is 18.9 Å². The molecule has 1 aliphatic heterocycles. The predicted molar refractivity (Wildman–Crippen MR) is 79.9 cm³/mol. The van der Waals surface area contributed by atoms with Crippen molar-refractivity contribution in [1.82, 2.24) is 10.2 Å². The van der Waals surface area contributed by atoms with Crippen LogP contribution in [0.1, 0.15) is 33.6 Å². The Balaban J connectivity index is 2.55. The topological polar surface area (TPSA) is 67.9 Å². The van der Waals surface area contributed by atoms with Gasteiger partial charge in [0.15, 0.2) is 0 Å². The summed E-state index contributed by atoms with van der Waals surface area (Å²) >= 11 is 0. The molecule has 1 saturated heterocycles. The third kappa shape index (κ3) is 4.97. The molecule has 0 radical (unpaired) electrons. The molecule has 6 nitrogen and oxygen atoms in total. The van der Waals surface area contributed by atoms with Gasteiger partial charge in [-0.05, 0) is 19.3 Å². The maximum Gasteiger partial charge on any atom is 0.245 e. The maximum atomic E-state index is 12.3. The summed E-state index contributed by atoms with van der Waals surface area (Å²) in [5.74, 6) is 0.0474. The van der Waals surface area contributed by atoms with E-state index in [4.69, 9.17) is 9.47 Å². The largest absolute Gasteiger partial charge is 0.385 e. The molecule has 3 unspecified atom stereocenters. The number of nitrogens with zero attached hydrogens (tertiary/aromatic N) is 1. The lowest BCUT2D eigenvalue weighted by molar-refractivity contribution is -0.151. The zero-order valence-electron chi connectivity index (χ0n) is 13.6. The zero-order valence-corrected chi connectivity index (χ0v) is 13.6. The van der Waals surface area contributed by atoms with E-state index in [1.807, 2.05) is 13.8 Å². The summed E-state index contributed by atoms with van der Waals surface area (Å²) in [6.07, 6.45) is 1.68. The minimum absolute atomic E-state index is 0.0274. The average molecular weight is 300 g/mol. The number of carbonyl (C=O) groups excluding carboxylic acids is 2. The molecule has 1 heterocycles. The van der Waals surface area contributed by atoms with E-state index in [1.165, 1.54) is 0 Å². The van der Waals surface area contributed by atoms with Crippen LogP contribution in [0.15, 0.2) is 0 Å². The van der Waals surface area contributed by atoms with Gasteiger partial charge in [0.25, 0.3) is 0 Å². The summed E-state index contributed by atoms with van der Waals surface area (Å²) in [6, 6.07) is -0.840. The molecule has 1 N–H and O–H groups in total. The Morgan fingerprint density at radius 1 is 1.29 bits per heavy atom. The van der Waals surface area contributed by atoms with E-state index >= 15 is 0 Å². The molecule has 0 aromatic rings. The van der Waals surface area contributed by atoms with Crippen molar-refractivity contribution in [3.05, 3.63) is 0 Å². The molecule has 0 saturated carbocycles. The van der Waals surface area contributed by atoms with E-state index < -0.39 is 6.04 Å². The molecule has 0 bridgehead atoms. The van der Waals surface area contributed by atoms with Crippen LogP contribution in [0.5, 0.6) is 0 Å². The van der Waals surface area contributed by atoms with Crippen LogP contribution in [0.2, 0.25) is 0 Å². The molecule has 1 aliphatic rings. The fourth-order valence-electron chi connectivity index (χ4n) is 2.50. The van der Waals surface area contributed by atoms with Crippen molar-refractivity contribution in [3.8, 4) is 0 Å². The lowest BCUT2D eigenvalue weighted by Gasteiger charge is -2.40. The fraction of sp³-hybridized carbons (Fsp3) is 0.867. The van der Waals surface area contributed by atoms with E-state index in [2.05, 4.69) is 5.32 Å². The first kappa shape index (κ1) is 17.9. The van der Waals surface area contributed by atoms with Crippen molar-refractivity contribution in [1.29, 1.82) is 0 Å². The second-order valence-corrected chi connectivity index (χ2v) is 5.55. The first-order valence-electron chi connectivity index (χ1n) is 7.70. The Hall–Kier alpha value is -1.14. The van der Waals surface area contributed by atoms with Gasteiger partial charge in [0, 0.05) is 26.9 Å². The van der Waals surface area contributed by atoms with Crippen molar-refractivity contribution in [2.75, 3.05) is 33.5 Å². The van der Waals surface area contributed by atoms with Gasteiger partial charge in [-0.25, -0.2) is 0 Å². The summed E-state index contributed by atoms with van der Waals surface area (Å²) in [5.41, 5.74) is 0. The molecule has 6 heteroatoms. The second kappa shape index (κ2) is 9.00. The highest BCUT2D eigenvalue weighted by atomic mass is 16.5. The molecular weight excluding hydrogens is 272 g/mol. The van der Waals surface area contributed by atoms with Crippen LogP contribution in [-0.2, 0) is 19.1 Å². The average Bonchev–Trinajstić information content (AvgIpc) is 2.46. The second-order valence-electron chi connectivity index (χ2n) is 5.55. The quantitative estimate of drug-likeness (QED) is 0.640. The summed E-state index contributed by atoms with van der Waals surface area (Å²) in [6.45, 7) is 7.92. The smallest absolute Gasteiger partial charge is 0.245 e. The summed E-state index contributed by atoms with van der Waals surface area (Å²) in [5, 5.41) is 2.76. The van der Waals surface area contributed by atoms with Crippen LogP contribution >= 0.6 is 0 Å². The number of hydrogen-bond acceptors (Lipinski definition) is 4.